The maximum absolute atomic E-state index is 13.1. The molecule has 3 aliphatic rings. The highest BCUT2D eigenvalue weighted by Crippen LogP contribution is 2.44. The zero-order valence-corrected chi connectivity index (χ0v) is 56.4. The van der Waals surface area contributed by atoms with Crippen molar-refractivity contribution in [1.29, 1.82) is 0 Å². The number of benzene rings is 9. The van der Waals surface area contributed by atoms with E-state index in [4.69, 9.17) is 15.3 Å². The van der Waals surface area contributed by atoms with E-state index in [9.17, 15) is 55.0 Å². The van der Waals surface area contributed by atoms with Gasteiger partial charge in [0, 0.05) is 51.1 Å². The number of hydrogen-bond donors (Lipinski definition) is 9. The number of fused-ring (bicyclic) bond motifs is 3. The number of anilines is 4. The molecule has 3 fully saturated rings. The van der Waals surface area contributed by atoms with Gasteiger partial charge in [0.25, 0.3) is 30.1 Å². The van der Waals surface area contributed by atoms with E-state index >= 15 is 0 Å². The van der Waals surface area contributed by atoms with E-state index in [0.29, 0.717) is 70.2 Å². The number of nitrogens with zero attached hydrogens (tertiary/aromatic N) is 1. The molecule has 0 aromatic heterocycles. The molecule has 9 aromatic carbocycles. The molecule has 0 radical (unpaired) electrons. The van der Waals surface area contributed by atoms with Crippen molar-refractivity contribution in [1.82, 2.24) is 0 Å². The maximum atomic E-state index is 13.1. The lowest BCUT2D eigenvalue weighted by atomic mass is 9.84. The predicted molar refractivity (Wildman–Crippen MR) is 377 cm³/mol. The molecule has 19 nitrogen and oxygen atoms in total. The smallest absolute Gasteiger partial charge is 0.313 e. The van der Waals surface area contributed by atoms with Crippen LogP contribution in [0.25, 0.3) is 32.3 Å². The minimum atomic E-state index is -3.89. The van der Waals surface area contributed by atoms with Gasteiger partial charge in [-0.2, -0.15) is 0 Å². The molecule has 1 aliphatic heterocycles. The lowest BCUT2D eigenvalue weighted by Crippen LogP contribution is -2.29. The minimum Gasteiger partial charge on any atom is -0.506 e. The highest BCUT2D eigenvalue weighted by Gasteiger charge is 2.25. The van der Waals surface area contributed by atoms with E-state index in [1.54, 1.807) is 109 Å². The van der Waals surface area contributed by atoms with Crippen molar-refractivity contribution in [2.75, 3.05) is 49.4 Å². The molecule has 95 heavy (non-hydrogen) atoms. The summed E-state index contributed by atoms with van der Waals surface area (Å²) in [6.07, 6.45) is 14.2. The molecule has 12 rings (SSSR count). The average molecular weight is 1400 g/mol. The van der Waals surface area contributed by atoms with E-state index < -0.39 is 48.0 Å². The number of carboxylic acids is 3. The monoisotopic (exact) mass is 1400 g/mol. The lowest BCUT2D eigenvalue weighted by molar-refractivity contribution is -0.134. The Labute approximate surface area is 564 Å². The first kappa shape index (κ1) is 69.5. The zero-order chi connectivity index (χ0) is 67.4. The molecule has 0 unspecified atom stereocenters. The van der Waals surface area contributed by atoms with E-state index in [2.05, 4.69) is 19.1 Å². The van der Waals surface area contributed by atoms with Gasteiger partial charge in [0.05, 0.1) is 63.7 Å². The molecule has 498 valence electrons. The van der Waals surface area contributed by atoms with Crippen LogP contribution in [0.2, 0.25) is 0 Å². The summed E-state index contributed by atoms with van der Waals surface area (Å²) in [5.41, 5.74) is 4.21. The van der Waals surface area contributed by atoms with Crippen LogP contribution in [0.3, 0.4) is 0 Å². The number of piperidine rings is 1. The molecule has 25 heteroatoms. The molecule has 0 bridgehead atoms. The molecular weight excluding hydrogens is 1330 g/mol. The first-order valence-electron chi connectivity index (χ1n) is 31.0. The van der Waals surface area contributed by atoms with Crippen LogP contribution in [-0.4, -0.2) is 104 Å². The number of phenols is 3. The Bertz CT molecular complexity index is 4420. The third kappa shape index (κ3) is 17.4. The van der Waals surface area contributed by atoms with Gasteiger partial charge in [-0.05, 0) is 135 Å². The predicted octanol–water partition coefficient (Wildman–Crippen LogP) is 15.3. The Morgan fingerprint density at radius 3 is 0.958 bits per heavy atom. The van der Waals surface area contributed by atoms with Crippen LogP contribution in [0, 0.1) is 0 Å². The quantitative estimate of drug-likeness (QED) is 0.0238. The Hall–Kier alpha value is -8.33. The summed E-state index contributed by atoms with van der Waals surface area (Å²) in [5.74, 6) is -3.04. The highest BCUT2D eigenvalue weighted by molar-refractivity contribution is 8.00. The first-order valence-corrected chi connectivity index (χ1v) is 38.4. The van der Waals surface area contributed by atoms with Crippen molar-refractivity contribution in [2.45, 2.75) is 118 Å². The normalized spacial score (nSPS) is 14.7. The van der Waals surface area contributed by atoms with Crippen molar-refractivity contribution < 1.29 is 70.3 Å². The second-order valence-electron chi connectivity index (χ2n) is 23.3. The van der Waals surface area contributed by atoms with Gasteiger partial charge in [-0.3, -0.25) is 28.5 Å². The van der Waals surface area contributed by atoms with Crippen molar-refractivity contribution >= 4 is 138 Å². The number of thioether (sulfide) groups is 3. The summed E-state index contributed by atoms with van der Waals surface area (Å²) in [6.45, 7) is 1.95. The highest BCUT2D eigenvalue weighted by atomic mass is 32.2. The number of rotatable bonds is 21. The molecular formula is C70H72N4O15S6. The Balaban J connectivity index is 0.000000155. The Kier molecular flexibility index (Phi) is 22.7. The number of aromatic hydroxyl groups is 3. The second kappa shape index (κ2) is 31.0. The van der Waals surface area contributed by atoms with Crippen LogP contribution in [0.15, 0.2) is 193 Å². The number of carbonyl (C=O) groups is 3. The molecule has 0 spiro atoms. The van der Waals surface area contributed by atoms with Crippen LogP contribution in [0.4, 0.5) is 22.7 Å². The van der Waals surface area contributed by atoms with Gasteiger partial charge in [0.15, 0.2) is 0 Å². The standard InChI is InChI=1S/C24H25NO5S2.C23H24N2O5S2.C23H23NO5S2/c26-23(27)15-31-22-14-21(19-8-4-5-9-20(19)24(22)28)25-32(29,30)18-12-10-17(11-13-18)16-6-2-1-3-7-16;26-22(27)15-31-21-14-20(18-6-2-3-7-19(18)23(21)28)24-32(29,30)17-10-8-16(9-11-17)25-12-4-1-5-13-25;25-22(26)14-30-21-13-20(18-7-3-4-8-19(18)23(21)27)24-31(28,29)17-11-9-16(10-12-17)15-5-1-2-6-15/h4-5,8-14,16,25,28H,1-3,6-7,15H2,(H,26,27);2-3,6-11,14,24,28H,1,4-5,12-13,15H2,(H,26,27);3-4,7-13,15,24,27H,1-2,5-6,14H2,(H,25,26). The molecule has 1 heterocycles. The molecule has 2 saturated carbocycles. The van der Waals surface area contributed by atoms with Gasteiger partial charge in [0.1, 0.15) is 17.2 Å². The van der Waals surface area contributed by atoms with E-state index in [1.807, 2.05) is 36.4 Å². The largest absolute Gasteiger partial charge is 0.506 e. The van der Waals surface area contributed by atoms with Gasteiger partial charge in [-0.25, -0.2) is 25.3 Å². The summed E-state index contributed by atoms with van der Waals surface area (Å²) in [7, 11) is -11.6. The molecule has 0 amide bonds. The van der Waals surface area contributed by atoms with Crippen LogP contribution < -0.4 is 19.1 Å². The fourth-order valence-corrected chi connectivity index (χ4v) is 17.5. The number of hydrogen-bond acceptors (Lipinski definition) is 16. The zero-order valence-electron chi connectivity index (χ0n) is 51.5. The lowest BCUT2D eigenvalue weighted by Gasteiger charge is -2.28. The van der Waals surface area contributed by atoms with Crippen LogP contribution >= 0.6 is 35.3 Å². The molecule has 2 aliphatic carbocycles. The molecule has 0 atom stereocenters. The summed E-state index contributed by atoms with van der Waals surface area (Å²) < 4.78 is 86.5. The number of phenolic OH excluding ortho intramolecular Hbond substituents is 3. The minimum absolute atomic E-state index is 0.0633. The molecule has 9 aromatic rings. The number of sulfonamides is 3. The van der Waals surface area contributed by atoms with Crippen molar-refractivity contribution in [2.24, 2.45) is 0 Å². The second-order valence-corrected chi connectivity index (χ2v) is 31.4. The third-order valence-corrected chi connectivity index (χ3v) is 24.1. The van der Waals surface area contributed by atoms with Crippen LogP contribution in [0.1, 0.15) is 100 Å². The fourth-order valence-electron chi connectivity index (χ4n) is 12.1. The van der Waals surface area contributed by atoms with E-state index in [1.165, 1.54) is 67.9 Å². The first-order chi connectivity index (χ1) is 45.5. The third-order valence-electron chi connectivity index (χ3n) is 16.9. The number of aliphatic carboxylic acids is 3. The van der Waals surface area contributed by atoms with Crippen molar-refractivity contribution in [3.05, 3.63) is 175 Å². The Morgan fingerprint density at radius 2 is 0.653 bits per heavy atom. The van der Waals surface area contributed by atoms with Crippen LogP contribution in [-0.2, 0) is 44.5 Å². The summed E-state index contributed by atoms with van der Waals surface area (Å²) in [6, 6.07) is 45.9. The fraction of sp³-hybridized carbons (Fsp3) is 0.271. The maximum Gasteiger partial charge on any atom is 0.313 e. The Morgan fingerprint density at radius 1 is 0.379 bits per heavy atom. The van der Waals surface area contributed by atoms with Gasteiger partial charge < -0.3 is 35.5 Å². The molecule has 1 saturated heterocycles. The average Bonchev–Trinajstić information content (AvgIpc) is 0.881. The van der Waals surface area contributed by atoms with E-state index in [-0.39, 0.29) is 54.9 Å². The molecule has 9 N–H and O–H groups in total. The summed E-state index contributed by atoms with van der Waals surface area (Å²) in [5, 5.41) is 61.6. The number of carboxylic acid groups (broad SMARTS) is 3. The van der Waals surface area contributed by atoms with Gasteiger partial charge in [-0.1, -0.05) is 129 Å². The topological polar surface area (TPSA) is 314 Å². The van der Waals surface area contributed by atoms with Gasteiger partial charge in [0.2, 0.25) is 0 Å². The van der Waals surface area contributed by atoms with Crippen LogP contribution in [0.5, 0.6) is 17.2 Å². The summed E-state index contributed by atoms with van der Waals surface area (Å²) >= 11 is 2.81. The summed E-state index contributed by atoms with van der Waals surface area (Å²) in [4.78, 5) is 36.5. The number of nitrogens with one attached hydrogen (secondary N) is 3. The van der Waals surface area contributed by atoms with Gasteiger partial charge in [-0.15, -0.1) is 35.3 Å². The SMILES string of the molecule is O=C(O)CSc1cc(NS(=O)(=O)c2ccc(C3CCCC3)cc2)c2ccccc2c1O.O=C(O)CSc1cc(NS(=O)(=O)c2ccc(C3CCCCC3)cc2)c2ccccc2c1O.O=C(O)CSc1cc(NS(=O)(=O)c2ccc(N3CCCCC3)cc2)c2ccccc2c1O. The van der Waals surface area contributed by atoms with Crippen molar-refractivity contribution in [3.8, 4) is 17.2 Å². The van der Waals surface area contributed by atoms with Gasteiger partial charge >= 0.3 is 17.9 Å². The van der Waals surface area contributed by atoms with Crippen molar-refractivity contribution in [3.63, 3.8) is 0 Å². The van der Waals surface area contributed by atoms with E-state index in [0.717, 1.165) is 92.6 Å².